The van der Waals surface area contributed by atoms with Crippen molar-refractivity contribution < 1.29 is 14.3 Å². The molecule has 0 fully saturated rings. The van der Waals surface area contributed by atoms with E-state index in [-0.39, 0.29) is 5.82 Å². The molecule has 4 aromatic rings. The third kappa shape index (κ3) is 5.03. The molecule has 1 N–H and O–H groups in total. The second kappa shape index (κ2) is 10.8. The van der Waals surface area contributed by atoms with E-state index >= 15 is 0 Å². The Bertz CT molecular complexity index is 1570. The summed E-state index contributed by atoms with van der Waals surface area (Å²) in [4.78, 5) is 15.1. The quantitative estimate of drug-likeness (QED) is 0.287. The van der Waals surface area contributed by atoms with E-state index in [1.54, 1.807) is 30.7 Å². The fourth-order valence-electron chi connectivity index (χ4n) is 6.35. The highest BCUT2D eigenvalue weighted by Gasteiger charge is 2.40. The molecule has 40 heavy (non-hydrogen) atoms. The third-order valence-electron chi connectivity index (χ3n) is 8.96. The monoisotopic (exact) mass is 542 g/mol. The minimum atomic E-state index is -1.07. The van der Waals surface area contributed by atoms with Crippen LogP contribution in [0.5, 0.6) is 0 Å². The van der Waals surface area contributed by atoms with Gasteiger partial charge in [-0.1, -0.05) is 55.0 Å². The minimum absolute atomic E-state index is 0.106. The lowest BCUT2D eigenvalue weighted by atomic mass is 9.69. The predicted molar refractivity (Wildman–Crippen MR) is 156 cm³/mol. The van der Waals surface area contributed by atoms with E-state index in [1.807, 2.05) is 32.2 Å². The summed E-state index contributed by atoms with van der Waals surface area (Å²) in [6.45, 7) is 12.2. The van der Waals surface area contributed by atoms with Crippen molar-refractivity contribution in [3.63, 3.8) is 0 Å². The standard InChI is InChI=1S/C33H39FN4O2/c1-7-22-15-27-24(9-8-10-28(27)34)18-38(17-22)19-25-16-23(12-11-20(25)2)30(33(4,5)32(39)40)26-13-14-29-31(21(26)3)35-36-37(29)6/h8-14,16,22,30H,7,15,17-19H2,1-6H3,(H,39,40). The number of aromatic nitrogens is 3. The smallest absolute Gasteiger partial charge is 0.310 e. The van der Waals surface area contributed by atoms with Gasteiger partial charge in [-0.3, -0.25) is 9.69 Å². The van der Waals surface area contributed by atoms with Crippen molar-refractivity contribution in [3.8, 4) is 0 Å². The van der Waals surface area contributed by atoms with Crippen LogP contribution in [-0.2, 0) is 31.4 Å². The van der Waals surface area contributed by atoms with E-state index in [0.29, 0.717) is 19.0 Å². The molecule has 2 atom stereocenters. The van der Waals surface area contributed by atoms with Crippen molar-refractivity contribution in [1.29, 1.82) is 0 Å². The molecule has 0 amide bonds. The number of aryl methyl sites for hydroxylation is 3. The van der Waals surface area contributed by atoms with E-state index < -0.39 is 17.3 Å². The van der Waals surface area contributed by atoms with Crippen molar-refractivity contribution >= 4 is 17.0 Å². The highest BCUT2D eigenvalue weighted by Crippen LogP contribution is 2.44. The molecule has 5 rings (SSSR count). The zero-order chi connectivity index (χ0) is 28.8. The second-order valence-electron chi connectivity index (χ2n) is 12.0. The molecule has 2 unspecified atom stereocenters. The number of aliphatic carboxylic acids is 1. The Labute approximate surface area is 235 Å². The van der Waals surface area contributed by atoms with Crippen molar-refractivity contribution in [1.82, 2.24) is 19.9 Å². The number of nitrogens with zero attached hydrogens (tertiary/aromatic N) is 4. The Morgan fingerprint density at radius 2 is 1.95 bits per heavy atom. The highest BCUT2D eigenvalue weighted by atomic mass is 19.1. The van der Waals surface area contributed by atoms with Crippen LogP contribution in [0.15, 0.2) is 48.5 Å². The topological polar surface area (TPSA) is 71.2 Å². The molecule has 210 valence electrons. The summed E-state index contributed by atoms with van der Waals surface area (Å²) in [6, 6.07) is 15.8. The molecule has 0 aliphatic carbocycles. The molecule has 0 spiro atoms. The van der Waals surface area contributed by atoms with E-state index in [4.69, 9.17) is 0 Å². The van der Waals surface area contributed by atoms with Crippen molar-refractivity contribution in [2.24, 2.45) is 18.4 Å². The zero-order valence-electron chi connectivity index (χ0n) is 24.3. The summed E-state index contributed by atoms with van der Waals surface area (Å²) in [5.41, 5.74) is 7.73. The summed E-state index contributed by atoms with van der Waals surface area (Å²) in [5.74, 6) is -0.972. The van der Waals surface area contributed by atoms with E-state index in [9.17, 15) is 14.3 Å². The van der Waals surface area contributed by atoms with Crippen LogP contribution in [0.2, 0.25) is 0 Å². The number of rotatable bonds is 7. The van der Waals surface area contributed by atoms with Gasteiger partial charge in [-0.15, -0.1) is 5.10 Å². The molecule has 1 aliphatic heterocycles. The van der Waals surface area contributed by atoms with Gasteiger partial charge in [0.2, 0.25) is 0 Å². The molecule has 6 nitrogen and oxygen atoms in total. The first kappa shape index (κ1) is 28.0. The number of fused-ring (bicyclic) bond motifs is 2. The van der Waals surface area contributed by atoms with Crippen LogP contribution in [0.25, 0.3) is 11.0 Å². The maximum Gasteiger partial charge on any atom is 0.310 e. The van der Waals surface area contributed by atoms with Crippen molar-refractivity contribution in [2.45, 2.75) is 66.5 Å². The largest absolute Gasteiger partial charge is 0.481 e. The number of benzene rings is 3. The molecular formula is C33H39FN4O2. The fourth-order valence-corrected chi connectivity index (χ4v) is 6.35. The van der Waals surface area contributed by atoms with Gasteiger partial charge in [-0.05, 0) is 91.1 Å². The van der Waals surface area contributed by atoms with Crippen LogP contribution in [0.3, 0.4) is 0 Å². The van der Waals surface area contributed by atoms with Crippen LogP contribution in [0.1, 0.15) is 72.1 Å². The molecule has 0 radical (unpaired) electrons. The Morgan fingerprint density at radius 1 is 1.18 bits per heavy atom. The van der Waals surface area contributed by atoms with Gasteiger partial charge in [0.15, 0.2) is 0 Å². The number of hydrogen-bond donors (Lipinski definition) is 1. The van der Waals surface area contributed by atoms with Crippen LogP contribution >= 0.6 is 0 Å². The van der Waals surface area contributed by atoms with Crippen LogP contribution in [0.4, 0.5) is 4.39 Å². The number of carbonyl (C=O) groups is 1. The zero-order valence-corrected chi connectivity index (χ0v) is 24.3. The van der Waals surface area contributed by atoms with Gasteiger partial charge >= 0.3 is 5.97 Å². The lowest BCUT2D eigenvalue weighted by Gasteiger charge is -2.33. The fraction of sp³-hybridized carbons (Fsp3) is 0.424. The molecule has 2 heterocycles. The Hall–Kier alpha value is -3.58. The molecule has 0 bridgehead atoms. The van der Waals surface area contributed by atoms with Gasteiger partial charge in [0, 0.05) is 32.6 Å². The van der Waals surface area contributed by atoms with Gasteiger partial charge in [-0.25, -0.2) is 9.07 Å². The normalized spacial score (nSPS) is 17.0. The number of halogens is 1. The Morgan fingerprint density at radius 3 is 2.67 bits per heavy atom. The van der Waals surface area contributed by atoms with Crippen LogP contribution < -0.4 is 0 Å². The Kier molecular flexibility index (Phi) is 7.53. The van der Waals surface area contributed by atoms with E-state index in [1.165, 1.54) is 0 Å². The summed E-state index contributed by atoms with van der Waals surface area (Å²) in [6.07, 6.45) is 1.75. The number of hydrogen-bond acceptors (Lipinski definition) is 4. The first-order valence-corrected chi connectivity index (χ1v) is 14.1. The molecule has 0 saturated carbocycles. The summed E-state index contributed by atoms with van der Waals surface area (Å²) in [5, 5.41) is 18.9. The number of carboxylic acid groups (broad SMARTS) is 1. The first-order valence-electron chi connectivity index (χ1n) is 14.1. The van der Waals surface area contributed by atoms with Crippen molar-refractivity contribution in [3.05, 3.63) is 93.3 Å². The minimum Gasteiger partial charge on any atom is -0.481 e. The number of carboxylic acids is 1. The molecule has 3 aromatic carbocycles. The molecular weight excluding hydrogens is 503 g/mol. The van der Waals surface area contributed by atoms with Gasteiger partial charge in [0.1, 0.15) is 11.3 Å². The summed E-state index contributed by atoms with van der Waals surface area (Å²) >= 11 is 0. The van der Waals surface area contributed by atoms with Crippen LogP contribution in [-0.4, -0.2) is 37.5 Å². The van der Waals surface area contributed by atoms with Gasteiger partial charge in [0.05, 0.1) is 10.9 Å². The van der Waals surface area contributed by atoms with Crippen molar-refractivity contribution in [2.75, 3.05) is 6.54 Å². The van der Waals surface area contributed by atoms with Gasteiger partial charge in [-0.2, -0.15) is 0 Å². The predicted octanol–water partition coefficient (Wildman–Crippen LogP) is 6.55. The third-order valence-corrected chi connectivity index (χ3v) is 8.96. The maximum atomic E-state index is 14.7. The molecule has 1 aliphatic rings. The van der Waals surface area contributed by atoms with Gasteiger partial charge < -0.3 is 5.11 Å². The molecule has 0 saturated heterocycles. The lowest BCUT2D eigenvalue weighted by molar-refractivity contribution is -0.147. The summed E-state index contributed by atoms with van der Waals surface area (Å²) < 4.78 is 16.5. The maximum absolute atomic E-state index is 14.7. The van der Waals surface area contributed by atoms with Crippen LogP contribution in [0, 0.1) is 31.0 Å². The average molecular weight is 543 g/mol. The molecule has 7 heteroatoms. The second-order valence-corrected chi connectivity index (χ2v) is 12.0. The SMILES string of the molecule is CCC1Cc2c(F)cccc2CN(Cc2cc(C(c3ccc4c(nnn4C)c3C)C(C)(C)C(=O)O)ccc2C)C1. The highest BCUT2D eigenvalue weighted by molar-refractivity contribution is 5.81. The lowest BCUT2D eigenvalue weighted by Crippen LogP contribution is -2.33. The van der Waals surface area contributed by atoms with E-state index in [2.05, 4.69) is 47.3 Å². The molecule has 1 aromatic heterocycles. The van der Waals surface area contributed by atoms with E-state index in [0.717, 1.165) is 69.4 Å². The Balaban J connectivity index is 1.56. The first-order chi connectivity index (χ1) is 19.0. The van der Waals surface area contributed by atoms with Gasteiger partial charge in [0.25, 0.3) is 0 Å². The summed E-state index contributed by atoms with van der Waals surface area (Å²) in [7, 11) is 1.86. The average Bonchev–Trinajstić information content (AvgIpc) is 3.18.